The molecule has 120 valence electrons. The van der Waals surface area contributed by atoms with E-state index in [1.165, 1.54) is 5.56 Å². The highest BCUT2D eigenvalue weighted by molar-refractivity contribution is 5.93. The predicted molar refractivity (Wildman–Crippen MR) is 85.4 cm³/mol. The Balaban J connectivity index is 2.05. The summed E-state index contributed by atoms with van der Waals surface area (Å²) in [6.07, 6.45) is 2.23. The highest BCUT2D eigenvalue weighted by Crippen LogP contribution is 2.18. The number of carbonyl (C=O) groups excluding carboxylic acids is 1. The molecule has 6 nitrogen and oxygen atoms in total. The fourth-order valence-corrected chi connectivity index (χ4v) is 2.08. The van der Waals surface area contributed by atoms with Crippen LogP contribution in [-0.2, 0) is 0 Å². The average molecular weight is 313 g/mol. The lowest BCUT2D eigenvalue weighted by atomic mass is 9.99. The van der Waals surface area contributed by atoms with E-state index in [0.29, 0.717) is 5.92 Å². The second-order valence-electron chi connectivity index (χ2n) is 5.61. The van der Waals surface area contributed by atoms with Crippen LogP contribution in [0.5, 0.6) is 0 Å². The molecule has 0 aliphatic carbocycles. The Labute approximate surface area is 134 Å². The number of hydrogen-bond donors (Lipinski definition) is 2. The number of carbonyl (C=O) groups is 2. The van der Waals surface area contributed by atoms with Crippen molar-refractivity contribution in [3.63, 3.8) is 0 Å². The fraction of sp³-hybridized carbons (Fsp3) is 0.294. The molecule has 2 N–H and O–H groups in total. The molecule has 0 radical (unpaired) electrons. The van der Waals surface area contributed by atoms with Crippen molar-refractivity contribution in [1.29, 1.82) is 0 Å². The number of amides is 1. The molecule has 0 bridgehead atoms. The second-order valence-corrected chi connectivity index (χ2v) is 5.61. The van der Waals surface area contributed by atoms with E-state index >= 15 is 0 Å². The standard InChI is InChI=1S/C17H19N3O3/c1-10(2)12-4-6-13(7-5-12)11(3)20-16(21)14-8-19-15(9-18-14)17(22)23/h4-11H,1-3H3,(H,20,21)(H,22,23). The van der Waals surface area contributed by atoms with Gasteiger partial charge in [-0.2, -0.15) is 0 Å². The molecule has 23 heavy (non-hydrogen) atoms. The first kappa shape index (κ1) is 16.6. The Kier molecular flexibility index (Phi) is 5.05. The molecule has 1 aromatic carbocycles. The minimum Gasteiger partial charge on any atom is -0.476 e. The van der Waals surface area contributed by atoms with E-state index in [-0.39, 0.29) is 17.4 Å². The van der Waals surface area contributed by atoms with Crippen LogP contribution in [0, 0.1) is 0 Å². The van der Waals surface area contributed by atoms with E-state index in [1.54, 1.807) is 0 Å². The van der Waals surface area contributed by atoms with Gasteiger partial charge in [0, 0.05) is 0 Å². The molecule has 1 heterocycles. The molecule has 0 aliphatic heterocycles. The Morgan fingerprint density at radius 1 is 0.957 bits per heavy atom. The van der Waals surface area contributed by atoms with Crippen molar-refractivity contribution in [1.82, 2.24) is 15.3 Å². The summed E-state index contributed by atoms with van der Waals surface area (Å²) in [5, 5.41) is 11.6. The lowest BCUT2D eigenvalue weighted by Crippen LogP contribution is -2.27. The SMILES string of the molecule is CC(C)c1ccc(C(C)NC(=O)c2cnc(C(=O)O)cn2)cc1. The van der Waals surface area contributed by atoms with Crippen molar-refractivity contribution in [3.8, 4) is 0 Å². The quantitative estimate of drug-likeness (QED) is 0.885. The van der Waals surface area contributed by atoms with E-state index in [1.807, 2.05) is 31.2 Å². The molecule has 1 atom stereocenters. The van der Waals surface area contributed by atoms with Crippen molar-refractivity contribution < 1.29 is 14.7 Å². The molecular formula is C17H19N3O3. The third kappa shape index (κ3) is 4.12. The molecule has 0 spiro atoms. The summed E-state index contributed by atoms with van der Waals surface area (Å²) in [5.41, 5.74) is 2.11. The van der Waals surface area contributed by atoms with Gasteiger partial charge in [-0.05, 0) is 24.0 Å². The van der Waals surface area contributed by atoms with Gasteiger partial charge in [-0.15, -0.1) is 0 Å². The number of carboxylic acids is 1. The van der Waals surface area contributed by atoms with Crippen LogP contribution < -0.4 is 5.32 Å². The molecule has 0 saturated heterocycles. The largest absolute Gasteiger partial charge is 0.476 e. The molecule has 6 heteroatoms. The van der Waals surface area contributed by atoms with Crippen molar-refractivity contribution in [2.75, 3.05) is 0 Å². The lowest BCUT2D eigenvalue weighted by molar-refractivity contribution is 0.0689. The Morgan fingerprint density at radius 3 is 1.96 bits per heavy atom. The van der Waals surface area contributed by atoms with Gasteiger partial charge in [0.1, 0.15) is 5.69 Å². The van der Waals surface area contributed by atoms with Gasteiger partial charge >= 0.3 is 5.97 Å². The van der Waals surface area contributed by atoms with Crippen LogP contribution in [0.2, 0.25) is 0 Å². The normalized spacial score (nSPS) is 12.0. The molecule has 2 aromatic rings. The Hall–Kier alpha value is -2.76. The zero-order valence-corrected chi connectivity index (χ0v) is 13.3. The Morgan fingerprint density at radius 2 is 1.48 bits per heavy atom. The Bertz CT molecular complexity index is 694. The number of aromatic carboxylic acids is 1. The van der Waals surface area contributed by atoms with Crippen molar-refractivity contribution >= 4 is 11.9 Å². The smallest absolute Gasteiger partial charge is 0.356 e. The molecular weight excluding hydrogens is 294 g/mol. The first-order chi connectivity index (χ1) is 10.9. The minimum absolute atomic E-state index is 0.0839. The molecule has 0 saturated carbocycles. The number of rotatable bonds is 5. The number of carboxylic acid groups (broad SMARTS) is 1. The number of nitrogens with zero attached hydrogens (tertiary/aromatic N) is 2. The third-order valence-electron chi connectivity index (χ3n) is 3.55. The van der Waals surface area contributed by atoms with Crippen molar-refractivity contribution in [2.45, 2.75) is 32.7 Å². The maximum absolute atomic E-state index is 12.1. The van der Waals surface area contributed by atoms with Gasteiger partial charge in [-0.1, -0.05) is 38.1 Å². The molecule has 1 unspecified atom stereocenters. The van der Waals surface area contributed by atoms with E-state index in [2.05, 4.69) is 29.1 Å². The van der Waals surface area contributed by atoms with Crippen LogP contribution in [0.25, 0.3) is 0 Å². The van der Waals surface area contributed by atoms with Crippen molar-refractivity contribution in [2.24, 2.45) is 0 Å². The third-order valence-corrected chi connectivity index (χ3v) is 3.55. The lowest BCUT2D eigenvalue weighted by Gasteiger charge is -2.15. The van der Waals surface area contributed by atoms with E-state index in [9.17, 15) is 9.59 Å². The van der Waals surface area contributed by atoms with Crippen LogP contribution in [0.3, 0.4) is 0 Å². The van der Waals surface area contributed by atoms with Gasteiger partial charge < -0.3 is 10.4 Å². The first-order valence-corrected chi connectivity index (χ1v) is 7.34. The summed E-state index contributed by atoms with van der Waals surface area (Å²) in [6.45, 7) is 6.13. The summed E-state index contributed by atoms with van der Waals surface area (Å²) in [7, 11) is 0. The second kappa shape index (κ2) is 7.00. The topological polar surface area (TPSA) is 92.2 Å². The maximum atomic E-state index is 12.1. The average Bonchev–Trinajstić information content (AvgIpc) is 2.54. The maximum Gasteiger partial charge on any atom is 0.356 e. The van der Waals surface area contributed by atoms with Gasteiger partial charge in [0.05, 0.1) is 18.4 Å². The molecule has 2 rings (SSSR count). The molecule has 1 amide bonds. The van der Waals surface area contributed by atoms with E-state index in [4.69, 9.17) is 5.11 Å². The van der Waals surface area contributed by atoms with Gasteiger partial charge in [0.25, 0.3) is 5.91 Å². The van der Waals surface area contributed by atoms with E-state index < -0.39 is 11.9 Å². The first-order valence-electron chi connectivity index (χ1n) is 7.34. The van der Waals surface area contributed by atoms with Gasteiger partial charge in [-0.25, -0.2) is 14.8 Å². The summed E-state index contributed by atoms with van der Waals surface area (Å²) in [6, 6.07) is 7.87. The molecule has 1 aromatic heterocycles. The minimum atomic E-state index is -1.18. The van der Waals surface area contributed by atoms with Gasteiger partial charge in [-0.3, -0.25) is 4.79 Å². The van der Waals surface area contributed by atoms with Crippen LogP contribution in [0.4, 0.5) is 0 Å². The van der Waals surface area contributed by atoms with Gasteiger partial charge in [0.15, 0.2) is 5.69 Å². The van der Waals surface area contributed by atoms with Gasteiger partial charge in [0.2, 0.25) is 0 Å². The van der Waals surface area contributed by atoms with Crippen LogP contribution in [0.1, 0.15) is 64.8 Å². The van der Waals surface area contributed by atoms with E-state index in [0.717, 1.165) is 18.0 Å². The number of benzene rings is 1. The number of hydrogen-bond acceptors (Lipinski definition) is 4. The number of aromatic nitrogens is 2. The zero-order chi connectivity index (χ0) is 17.0. The zero-order valence-electron chi connectivity index (χ0n) is 13.3. The monoisotopic (exact) mass is 313 g/mol. The number of nitrogens with one attached hydrogen (secondary N) is 1. The summed E-state index contributed by atoms with van der Waals surface area (Å²) in [5.74, 6) is -1.12. The fourth-order valence-electron chi connectivity index (χ4n) is 2.08. The molecule has 0 aliphatic rings. The highest BCUT2D eigenvalue weighted by atomic mass is 16.4. The van der Waals surface area contributed by atoms with Crippen LogP contribution in [-0.4, -0.2) is 27.0 Å². The summed E-state index contributed by atoms with van der Waals surface area (Å²) in [4.78, 5) is 30.4. The summed E-state index contributed by atoms with van der Waals surface area (Å²) >= 11 is 0. The van der Waals surface area contributed by atoms with Crippen LogP contribution >= 0.6 is 0 Å². The molecule has 0 fully saturated rings. The van der Waals surface area contributed by atoms with Crippen molar-refractivity contribution in [3.05, 3.63) is 59.2 Å². The summed E-state index contributed by atoms with van der Waals surface area (Å²) < 4.78 is 0. The predicted octanol–water partition coefficient (Wildman–Crippen LogP) is 2.79. The highest BCUT2D eigenvalue weighted by Gasteiger charge is 2.14. The van der Waals surface area contributed by atoms with Crippen LogP contribution in [0.15, 0.2) is 36.7 Å².